The summed E-state index contributed by atoms with van der Waals surface area (Å²) in [6, 6.07) is 41.3. The summed E-state index contributed by atoms with van der Waals surface area (Å²) in [5.74, 6) is 0. The number of benzene rings is 6. The molecule has 0 radical (unpaired) electrons. The van der Waals surface area contributed by atoms with Crippen molar-refractivity contribution < 1.29 is 51.9 Å². The average molecular weight is 867 g/mol. The summed E-state index contributed by atoms with van der Waals surface area (Å²) in [4.78, 5) is -1.21. The van der Waals surface area contributed by atoms with Crippen LogP contribution in [0.4, 0.5) is 0 Å². The first-order valence-electron chi connectivity index (χ1n) is 15.3. The normalized spacial score (nSPS) is 13.0. The van der Waals surface area contributed by atoms with Gasteiger partial charge < -0.3 is 9.11 Å². The van der Waals surface area contributed by atoms with Gasteiger partial charge in [-0.05, 0) is 96.2 Å². The van der Waals surface area contributed by atoms with Gasteiger partial charge in [0.1, 0.15) is 20.2 Å². The average Bonchev–Trinajstić information content (AvgIpc) is 3.12. The van der Waals surface area contributed by atoms with Crippen molar-refractivity contribution in [2.75, 3.05) is 0 Å². The molecule has 0 spiro atoms. The van der Waals surface area contributed by atoms with Gasteiger partial charge in [0.15, 0.2) is 0 Å². The third-order valence-electron chi connectivity index (χ3n) is 7.51. The van der Waals surface area contributed by atoms with Gasteiger partial charge in [0.05, 0.1) is 19.6 Å². The Kier molecular flexibility index (Phi) is 14.7. The second-order valence-electron chi connectivity index (χ2n) is 11.2. The summed E-state index contributed by atoms with van der Waals surface area (Å²) >= 11 is 0. The van der Waals surface area contributed by atoms with Crippen molar-refractivity contribution in [1.29, 1.82) is 0 Å². The molecule has 2 N–H and O–H groups in total. The van der Waals surface area contributed by atoms with Crippen LogP contribution in [0.2, 0.25) is 0 Å². The Morgan fingerprint density at radius 1 is 0.345 bits per heavy atom. The van der Waals surface area contributed by atoms with Crippen LogP contribution in [0.15, 0.2) is 177 Å². The molecule has 0 heterocycles. The van der Waals surface area contributed by atoms with Gasteiger partial charge in [-0.3, -0.25) is 9.11 Å². The summed E-state index contributed by atoms with van der Waals surface area (Å²) in [7, 11) is -20.7. The van der Waals surface area contributed by atoms with Gasteiger partial charge in [-0.1, -0.05) is 109 Å². The van der Waals surface area contributed by atoms with Gasteiger partial charge in [-0.15, -0.1) is 0 Å². The van der Waals surface area contributed by atoms with Crippen molar-refractivity contribution in [3.63, 3.8) is 0 Å². The molecular formula is C36H28MgO12P2S4. The largest absolute Gasteiger partial charge is 2.00 e. The minimum Gasteiger partial charge on any atom is -0.744 e. The predicted octanol–water partition coefficient (Wildman–Crippen LogP) is 2.81. The zero-order valence-corrected chi connectivity index (χ0v) is 34.7. The maximum atomic E-state index is 11.5. The van der Waals surface area contributed by atoms with Gasteiger partial charge in [0.2, 0.25) is 0 Å². The van der Waals surface area contributed by atoms with Gasteiger partial charge in [-0.25, -0.2) is 16.8 Å². The van der Waals surface area contributed by atoms with Crippen LogP contribution in [-0.4, -0.2) is 74.9 Å². The summed E-state index contributed by atoms with van der Waals surface area (Å²) < 4.78 is 133. The second-order valence-corrected chi connectivity index (χ2v) is 21.2. The molecule has 2 unspecified atom stereocenters. The topological polar surface area (TPSA) is 223 Å². The minimum atomic E-state index is -4.63. The molecule has 0 amide bonds. The molecule has 0 aromatic heterocycles. The van der Waals surface area contributed by atoms with Crippen LogP contribution in [0.1, 0.15) is 0 Å². The first-order chi connectivity index (χ1) is 25.3. The molecule has 0 aliphatic heterocycles. The van der Waals surface area contributed by atoms with Crippen molar-refractivity contribution in [1.82, 2.24) is 0 Å². The van der Waals surface area contributed by atoms with E-state index in [1.807, 2.05) is 60.7 Å². The van der Waals surface area contributed by atoms with E-state index in [9.17, 15) is 51.9 Å². The smallest absolute Gasteiger partial charge is 0.744 e. The third kappa shape index (κ3) is 11.8. The van der Waals surface area contributed by atoms with Gasteiger partial charge >= 0.3 is 23.1 Å². The minimum absolute atomic E-state index is 0. The Morgan fingerprint density at radius 2 is 0.582 bits per heavy atom. The number of hydrogen-bond donors (Lipinski definition) is 2. The summed E-state index contributed by atoms with van der Waals surface area (Å²) in [6.45, 7) is 0. The van der Waals surface area contributed by atoms with E-state index in [4.69, 9.17) is 0 Å². The molecule has 19 heteroatoms. The molecule has 6 aromatic rings. The van der Waals surface area contributed by atoms with E-state index in [-0.39, 0.29) is 42.6 Å². The molecular weight excluding hydrogens is 839 g/mol. The fourth-order valence-electron chi connectivity index (χ4n) is 5.17. The van der Waals surface area contributed by atoms with Crippen molar-refractivity contribution in [3.05, 3.63) is 158 Å². The van der Waals surface area contributed by atoms with Crippen LogP contribution in [0.3, 0.4) is 0 Å². The van der Waals surface area contributed by atoms with Crippen LogP contribution in [0.5, 0.6) is 0 Å². The second kappa shape index (κ2) is 18.2. The van der Waals surface area contributed by atoms with Crippen LogP contribution in [-0.2, 0) is 40.5 Å². The summed E-state index contributed by atoms with van der Waals surface area (Å²) in [6.07, 6.45) is 0. The quantitative estimate of drug-likeness (QED) is 0.115. The van der Waals surface area contributed by atoms with E-state index in [2.05, 4.69) is 0 Å². The number of rotatable bonds is 10. The van der Waals surface area contributed by atoms with E-state index in [1.165, 1.54) is 72.8 Å². The molecule has 0 saturated heterocycles. The van der Waals surface area contributed by atoms with Crippen molar-refractivity contribution in [3.8, 4) is 0 Å². The van der Waals surface area contributed by atoms with E-state index in [0.717, 1.165) is 10.6 Å². The van der Waals surface area contributed by atoms with E-state index in [1.54, 1.807) is 24.3 Å². The van der Waals surface area contributed by atoms with Crippen molar-refractivity contribution >= 4 is 111 Å². The molecule has 6 rings (SSSR count). The Labute approximate surface area is 338 Å². The molecule has 6 aromatic carbocycles. The standard InChI is InChI=1S/2C18H15O6PS2.Mg/c2*19-26(20,21)17-10-4-8-15(12-17)25(14-6-2-1-3-7-14)16-9-5-11-18(13-16)27(22,23)24;/h2*1-13H,(H,19,20,21)(H,22,23,24);/q;;+2/p-2. The summed E-state index contributed by atoms with van der Waals surface area (Å²) in [5, 5.41) is 3.99. The Balaban J connectivity index is 0.000000240. The van der Waals surface area contributed by atoms with Crippen LogP contribution in [0.25, 0.3) is 0 Å². The van der Waals surface area contributed by atoms with Crippen molar-refractivity contribution in [2.24, 2.45) is 0 Å². The van der Waals surface area contributed by atoms with Gasteiger partial charge in [0, 0.05) is 0 Å². The molecule has 0 aliphatic rings. The first-order valence-corrected chi connectivity index (χ1v) is 23.7. The Bertz CT molecular complexity index is 2400. The van der Waals surface area contributed by atoms with Crippen LogP contribution in [0, 0.1) is 0 Å². The van der Waals surface area contributed by atoms with Crippen molar-refractivity contribution in [2.45, 2.75) is 19.6 Å². The molecule has 0 bridgehead atoms. The Morgan fingerprint density at radius 3 is 0.836 bits per heavy atom. The van der Waals surface area contributed by atoms with E-state index >= 15 is 0 Å². The molecule has 2 atom stereocenters. The summed E-state index contributed by atoms with van der Waals surface area (Å²) in [5.41, 5.74) is 0. The maximum absolute atomic E-state index is 11.5. The molecule has 12 nitrogen and oxygen atoms in total. The molecule has 280 valence electrons. The van der Waals surface area contributed by atoms with E-state index < -0.39 is 56.3 Å². The SMILES string of the molecule is O=S(=O)([O-])c1cccc(P(c2ccccc2)c2cccc(S(=O)(=O)O)c2)c1.O=S(=O)([O-])c1cccc(P(c2ccccc2)c2cccc(S(=O)(=O)O)c2)c1.[Mg+2]. The molecule has 55 heavy (non-hydrogen) atoms. The third-order valence-corrected chi connectivity index (χ3v) is 15.7. The van der Waals surface area contributed by atoms with Gasteiger partial charge in [-0.2, -0.15) is 16.8 Å². The number of hydrogen-bond acceptors (Lipinski definition) is 10. The van der Waals surface area contributed by atoms with Crippen LogP contribution >= 0.6 is 15.8 Å². The zero-order chi connectivity index (χ0) is 39.3. The Hall–Kier alpha value is -3.41. The molecule has 0 fully saturated rings. The molecule has 0 saturated carbocycles. The first kappa shape index (κ1) is 44.3. The maximum Gasteiger partial charge on any atom is 2.00 e. The fraction of sp³-hybridized carbons (Fsp3) is 0. The monoisotopic (exact) mass is 866 g/mol. The predicted molar refractivity (Wildman–Crippen MR) is 212 cm³/mol. The van der Waals surface area contributed by atoms with Gasteiger partial charge in [0.25, 0.3) is 20.2 Å². The zero-order valence-electron chi connectivity index (χ0n) is 28.2. The van der Waals surface area contributed by atoms with E-state index in [0.29, 0.717) is 21.2 Å². The molecule has 0 aliphatic carbocycles. The van der Waals surface area contributed by atoms with Crippen LogP contribution < -0.4 is 31.8 Å². The fourth-order valence-corrected chi connectivity index (χ4v) is 12.3.